The number of rotatable bonds is 6. The number of aryl methyl sites for hydroxylation is 1. The molecule has 0 aliphatic carbocycles. The lowest BCUT2D eigenvalue weighted by molar-refractivity contribution is -0.137. The number of anilines is 1. The van der Waals surface area contributed by atoms with Crippen LogP contribution < -0.4 is 10.1 Å². The van der Waals surface area contributed by atoms with Crippen molar-refractivity contribution in [1.29, 1.82) is 0 Å². The van der Waals surface area contributed by atoms with Crippen LogP contribution in [0.2, 0.25) is 0 Å². The number of hydrogen-bond acceptors (Lipinski definition) is 4. The van der Waals surface area contributed by atoms with Gasteiger partial charge in [-0.25, -0.2) is 4.39 Å². The van der Waals surface area contributed by atoms with Crippen molar-refractivity contribution < 1.29 is 18.7 Å². The zero-order valence-corrected chi connectivity index (χ0v) is 18.1. The maximum Gasteiger partial charge on any atom is 0.278 e. The first-order valence-corrected chi connectivity index (χ1v) is 10.2. The van der Waals surface area contributed by atoms with Crippen molar-refractivity contribution in [2.24, 2.45) is 0 Å². The van der Waals surface area contributed by atoms with Crippen LogP contribution in [0, 0.1) is 19.7 Å². The van der Waals surface area contributed by atoms with E-state index in [-0.39, 0.29) is 17.8 Å². The van der Waals surface area contributed by atoms with Crippen molar-refractivity contribution in [2.45, 2.75) is 20.4 Å². The van der Waals surface area contributed by atoms with Gasteiger partial charge in [-0.2, -0.15) is 0 Å². The van der Waals surface area contributed by atoms with E-state index in [0.717, 1.165) is 22.4 Å². The molecule has 0 fully saturated rings. The molecule has 0 unspecified atom stereocenters. The molecule has 1 N–H and O–H groups in total. The molecule has 0 saturated carbocycles. The summed E-state index contributed by atoms with van der Waals surface area (Å²) < 4.78 is 18.7. The Bertz CT molecular complexity index is 1210. The second-order valence-electron chi connectivity index (χ2n) is 7.67. The zero-order valence-electron chi connectivity index (χ0n) is 18.1. The molecule has 3 aromatic rings. The second-order valence-corrected chi connectivity index (χ2v) is 7.67. The number of nitrogens with one attached hydrogen (secondary N) is 1. The average molecular weight is 430 g/mol. The summed E-state index contributed by atoms with van der Waals surface area (Å²) in [5.41, 5.74) is 4.46. The highest BCUT2D eigenvalue weighted by Gasteiger charge is 2.39. The molecule has 1 heterocycles. The summed E-state index contributed by atoms with van der Waals surface area (Å²) in [5.74, 6) is -0.572. The van der Waals surface area contributed by atoms with Crippen LogP contribution >= 0.6 is 0 Å². The third-order valence-electron chi connectivity index (χ3n) is 5.66. The van der Waals surface area contributed by atoms with Crippen LogP contribution in [-0.4, -0.2) is 23.8 Å². The van der Waals surface area contributed by atoms with Crippen molar-refractivity contribution in [1.82, 2.24) is 4.90 Å². The van der Waals surface area contributed by atoms with Gasteiger partial charge in [0.2, 0.25) is 0 Å². The maximum absolute atomic E-state index is 13.5. The lowest BCUT2D eigenvalue weighted by Gasteiger charge is -2.16. The van der Waals surface area contributed by atoms with Crippen LogP contribution in [0.3, 0.4) is 0 Å². The Labute approximate surface area is 186 Å². The second kappa shape index (κ2) is 8.67. The molecule has 6 heteroatoms. The maximum atomic E-state index is 13.5. The third kappa shape index (κ3) is 3.99. The molecule has 0 spiro atoms. The molecule has 0 bridgehead atoms. The third-order valence-corrected chi connectivity index (χ3v) is 5.66. The summed E-state index contributed by atoms with van der Waals surface area (Å²) in [5, 5.41) is 3.18. The molecule has 0 saturated heterocycles. The van der Waals surface area contributed by atoms with E-state index in [1.54, 1.807) is 19.2 Å². The van der Waals surface area contributed by atoms with Crippen molar-refractivity contribution >= 4 is 23.1 Å². The smallest absolute Gasteiger partial charge is 0.278 e. The van der Waals surface area contributed by atoms with Crippen LogP contribution in [-0.2, 0) is 16.1 Å². The first kappa shape index (κ1) is 21.3. The quantitative estimate of drug-likeness (QED) is 0.569. The van der Waals surface area contributed by atoms with Gasteiger partial charge in [0.25, 0.3) is 11.8 Å². The largest absolute Gasteiger partial charge is 0.497 e. The SMILES string of the molecule is COc1ccc(CN2C(=O)C(Nc3cccc(C)c3C)=C(c3ccc(F)cc3)C2=O)cc1. The average Bonchev–Trinajstić information content (AvgIpc) is 3.02. The van der Waals surface area contributed by atoms with Gasteiger partial charge >= 0.3 is 0 Å². The topological polar surface area (TPSA) is 58.6 Å². The Kier molecular flexibility index (Phi) is 5.77. The highest BCUT2D eigenvalue weighted by atomic mass is 19.1. The molecule has 4 rings (SSSR count). The van der Waals surface area contributed by atoms with Crippen LogP contribution in [0.25, 0.3) is 5.57 Å². The Morgan fingerprint density at radius 3 is 2.25 bits per heavy atom. The Balaban J connectivity index is 1.73. The van der Waals surface area contributed by atoms with Crippen molar-refractivity contribution in [3.63, 3.8) is 0 Å². The Hall–Kier alpha value is -3.93. The Morgan fingerprint density at radius 1 is 0.906 bits per heavy atom. The Morgan fingerprint density at radius 2 is 1.59 bits per heavy atom. The van der Waals surface area contributed by atoms with Gasteiger partial charge in [0, 0.05) is 5.69 Å². The van der Waals surface area contributed by atoms with E-state index in [2.05, 4.69) is 5.32 Å². The molecule has 32 heavy (non-hydrogen) atoms. The van der Waals surface area contributed by atoms with Crippen molar-refractivity contribution in [3.05, 3.63) is 100 Å². The molecule has 0 radical (unpaired) electrons. The zero-order chi connectivity index (χ0) is 22.8. The van der Waals surface area contributed by atoms with E-state index in [1.165, 1.54) is 29.2 Å². The monoisotopic (exact) mass is 430 g/mol. The normalized spacial score (nSPS) is 13.7. The van der Waals surface area contributed by atoms with E-state index < -0.39 is 17.6 Å². The predicted octanol–water partition coefficient (Wildman–Crippen LogP) is 4.84. The number of nitrogens with zero attached hydrogens (tertiary/aromatic N) is 1. The number of benzene rings is 3. The van der Waals surface area contributed by atoms with Crippen LogP contribution in [0.15, 0.2) is 72.4 Å². The fourth-order valence-electron chi connectivity index (χ4n) is 3.65. The molecule has 0 atom stereocenters. The minimum atomic E-state index is -0.426. The number of carbonyl (C=O) groups excluding carboxylic acids is 2. The lowest BCUT2D eigenvalue weighted by Crippen LogP contribution is -2.32. The van der Waals surface area contributed by atoms with Gasteiger partial charge < -0.3 is 10.1 Å². The van der Waals surface area contributed by atoms with Crippen molar-refractivity contribution in [3.8, 4) is 5.75 Å². The van der Waals surface area contributed by atoms with E-state index in [0.29, 0.717) is 11.3 Å². The molecule has 2 amide bonds. The highest BCUT2D eigenvalue weighted by Crippen LogP contribution is 2.33. The van der Waals surface area contributed by atoms with Gasteiger partial charge in [0.15, 0.2) is 0 Å². The summed E-state index contributed by atoms with van der Waals surface area (Å²) in [7, 11) is 1.58. The first-order valence-electron chi connectivity index (χ1n) is 10.2. The molecule has 162 valence electrons. The highest BCUT2D eigenvalue weighted by molar-refractivity contribution is 6.36. The number of hydrogen-bond donors (Lipinski definition) is 1. The molecule has 3 aromatic carbocycles. The first-order chi connectivity index (χ1) is 15.4. The van der Waals surface area contributed by atoms with E-state index >= 15 is 0 Å². The van der Waals surface area contributed by atoms with E-state index in [4.69, 9.17) is 4.74 Å². The van der Waals surface area contributed by atoms with Gasteiger partial charge in [-0.15, -0.1) is 0 Å². The van der Waals surface area contributed by atoms with E-state index in [1.807, 2.05) is 44.2 Å². The molecule has 5 nitrogen and oxygen atoms in total. The lowest BCUT2D eigenvalue weighted by atomic mass is 10.0. The number of methoxy groups -OCH3 is 1. The van der Waals surface area contributed by atoms with E-state index in [9.17, 15) is 14.0 Å². The molecule has 1 aliphatic heterocycles. The molecule has 0 aromatic heterocycles. The summed E-state index contributed by atoms with van der Waals surface area (Å²) in [6.07, 6.45) is 0. The number of carbonyl (C=O) groups is 2. The van der Waals surface area contributed by atoms with Gasteiger partial charge in [-0.1, -0.05) is 36.4 Å². The van der Waals surface area contributed by atoms with Gasteiger partial charge in [-0.05, 0) is 66.4 Å². The summed E-state index contributed by atoms with van der Waals surface area (Å²) >= 11 is 0. The van der Waals surface area contributed by atoms with Crippen LogP contribution in [0.4, 0.5) is 10.1 Å². The van der Waals surface area contributed by atoms with Gasteiger partial charge in [-0.3, -0.25) is 14.5 Å². The minimum Gasteiger partial charge on any atom is -0.497 e. The molecular formula is C26H23FN2O3. The summed E-state index contributed by atoms with van der Waals surface area (Å²) in [4.78, 5) is 28.0. The summed E-state index contributed by atoms with van der Waals surface area (Å²) in [6, 6.07) is 18.5. The number of amides is 2. The number of imide groups is 1. The fraction of sp³-hybridized carbons (Fsp3) is 0.154. The number of halogens is 1. The molecule has 1 aliphatic rings. The molecular weight excluding hydrogens is 407 g/mol. The summed E-state index contributed by atoms with van der Waals surface area (Å²) in [6.45, 7) is 4.05. The van der Waals surface area contributed by atoms with Crippen molar-refractivity contribution in [2.75, 3.05) is 12.4 Å². The number of ether oxygens (including phenoxy) is 1. The van der Waals surface area contributed by atoms with Gasteiger partial charge in [0.05, 0.1) is 19.2 Å². The van der Waals surface area contributed by atoms with Crippen LogP contribution in [0.5, 0.6) is 5.75 Å². The fourth-order valence-corrected chi connectivity index (χ4v) is 3.65. The predicted molar refractivity (Wildman–Crippen MR) is 121 cm³/mol. The van der Waals surface area contributed by atoms with Gasteiger partial charge in [0.1, 0.15) is 17.3 Å². The van der Waals surface area contributed by atoms with Crippen LogP contribution in [0.1, 0.15) is 22.3 Å². The standard InChI is InChI=1S/C26H23FN2O3/c1-16-5-4-6-22(17(16)2)28-24-23(19-9-11-20(27)12-10-19)25(30)29(26(24)31)15-18-7-13-21(32-3)14-8-18/h4-14,28H,15H2,1-3H3. The minimum absolute atomic E-state index is 0.115.